The first-order chi connectivity index (χ1) is 17.4. The van der Waals surface area contributed by atoms with Gasteiger partial charge in [0.15, 0.2) is 5.11 Å². The van der Waals surface area contributed by atoms with Crippen LogP contribution in [0.4, 0.5) is 18.9 Å². The Kier molecular flexibility index (Phi) is 8.82. The van der Waals surface area contributed by atoms with E-state index in [4.69, 9.17) is 22.2 Å². The molecule has 0 bridgehead atoms. The molecule has 3 rings (SSSR count). The van der Waals surface area contributed by atoms with Crippen LogP contribution < -0.4 is 15.0 Å². The Morgan fingerprint density at radius 1 is 1.16 bits per heavy atom. The van der Waals surface area contributed by atoms with Gasteiger partial charge in [-0.1, -0.05) is 26.0 Å². The van der Waals surface area contributed by atoms with Crippen molar-refractivity contribution in [1.82, 2.24) is 10.2 Å². The quantitative estimate of drug-likeness (QED) is 0.331. The van der Waals surface area contributed by atoms with Crippen LogP contribution in [0.1, 0.15) is 50.8 Å². The molecule has 1 aliphatic rings. The SMILES string of the molecule is CC(C)NCCc1ccc(OCCCN2C(=S)N(c3ccc(C#N)c(C(F)(F)F)c3)C(=O)C2(C)C)cc1. The van der Waals surface area contributed by atoms with Crippen molar-refractivity contribution in [3.05, 3.63) is 59.2 Å². The van der Waals surface area contributed by atoms with Crippen molar-refractivity contribution in [2.45, 2.75) is 58.3 Å². The zero-order valence-corrected chi connectivity index (χ0v) is 22.2. The Balaban J connectivity index is 1.62. The topological polar surface area (TPSA) is 68.6 Å². The van der Waals surface area contributed by atoms with Gasteiger partial charge in [-0.25, -0.2) is 0 Å². The second-order valence-corrected chi connectivity index (χ2v) is 10.0. The highest BCUT2D eigenvalue weighted by Gasteiger charge is 2.49. The number of hydrogen-bond donors (Lipinski definition) is 1. The van der Waals surface area contributed by atoms with E-state index in [9.17, 15) is 18.0 Å². The maximum Gasteiger partial charge on any atom is 0.417 e. The van der Waals surface area contributed by atoms with Gasteiger partial charge >= 0.3 is 6.18 Å². The molecule has 2 aromatic carbocycles. The van der Waals surface area contributed by atoms with Crippen molar-refractivity contribution < 1.29 is 22.7 Å². The van der Waals surface area contributed by atoms with Crippen LogP contribution in [0.15, 0.2) is 42.5 Å². The summed E-state index contributed by atoms with van der Waals surface area (Å²) in [5.74, 6) is 0.303. The predicted octanol–water partition coefficient (Wildman–Crippen LogP) is 5.30. The number of alkyl halides is 3. The van der Waals surface area contributed by atoms with Gasteiger partial charge < -0.3 is 15.0 Å². The standard InChI is InChI=1S/C27H31F3N4O2S/c1-18(2)32-13-12-19-6-10-22(11-7-19)36-15-5-14-33-25(37)34(24(35)26(33,3)4)21-9-8-20(17-31)23(16-21)27(28,29)30/h6-11,16,18,32H,5,12-15H2,1-4H3. The minimum atomic E-state index is -4.73. The minimum absolute atomic E-state index is 0.0168. The fraction of sp³-hybridized carbons (Fsp3) is 0.444. The van der Waals surface area contributed by atoms with Gasteiger partial charge in [0.25, 0.3) is 5.91 Å². The third-order valence-electron chi connectivity index (χ3n) is 6.20. The lowest BCUT2D eigenvalue weighted by Crippen LogP contribution is -2.44. The van der Waals surface area contributed by atoms with Gasteiger partial charge in [-0.05, 0) is 81.3 Å². The first-order valence-corrected chi connectivity index (χ1v) is 12.5. The van der Waals surface area contributed by atoms with Crippen molar-refractivity contribution in [3.8, 4) is 11.8 Å². The van der Waals surface area contributed by atoms with Crippen LogP contribution in [-0.2, 0) is 17.4 Å². The first-order valence-electron chi connectivity index (χ1n) is 12.1. The molecule has 37 heavy (non-hydrogen) atoms. The Labute approximate surface area is 221 Å². The number of halogens is 3. The lowest BCUT2D eigenvalue weighted by Gasteiger charge is -2.29. The molecule has 0 radical (unpaired) electrons. The molecule has 0 unspecified atom stereocenters. The second-order valence-electron chi connectivity index (χ2n) is 9.68. The number of nitrogens with zero attached hydrogens (tertiary/aromatic N) is 3. The number of thiocarbonyl (C=S) groups is 1. The van der Waals surface area contributed by atoms with E-state index in [0.717, 1.165) is 35.7 Å². The third kappa shape index (κ3) is 6.59. The number of rotatable bonds is 10. The zero-order valence-electron chi connectivity index (χ0n) is 21.4. The molecule has 10 heteroatoms. The molecule has 2 aromatic rings. The molecule has 0 spiro atoms. The number of nitriles is 1. The number of benzene rings is 2. The first kappa shape index (κ1) is 28.4. The van der Waals surface area contributed by atoms with E-state index in [0.29, 0.717) is 25.6 Å². The Morgan fingerprint density at radius 3 is 2.43 bits per heavy atom. The van der Waals surface area contributed by atoms with Crippen LogP contribution in [0.5, 0.6) is 5.75 Å². The molecule has 1 amide bonds. The van der Waals surface area contributed by atoms with E-state index < -0.39 is 28.7 Å². The maximum absolute atomic E-state index is 13.5. The van der Waals surface area contributed by atoms with Gasteiger partial charge in [-0.2, -0.15) is 18.4 Å². The van der Waals surface area contributed by atoms with Gasteiger partial charge in [0.2, 0.25) is 0 Å². The summed E-state index contributed by atoms with van der Waals surface area (Å²) in [5, 5.41) is 12.6. The third-order valence-corrected chi connectivity index (χ3v) is 6.60. The number of amides is 1. The van der Waals surface area contributed by atoms with Gasteiger partial charge in [0.05, 0.1) is 29.5 Å². The Morgan fingerprint density at radius 2 is 1.84 bits per heavy atom. The highest BCUT2D eigenvalue weighted by molar-refractivity contribution is 7.80. The number of carbonyl (C=O) groups is 1. The van der Waals surface area contributed by atoms with Crippen molar-refractivity contribution >= 4 is 28.9 Å². The van der Waals surface area contributed by atoms with Gasteiger partial charge in [-0.15, -0.1) is 0 Å². The predicted molar refractivity (Wildman–Crippen MR) is 140 cm³/mol. The molecule has 1 saturated heterocycles. The summed E-state index contributed by atoms with van der Waals surface area (Å²) in [6, 6.07) is 13.1. The van der Waals surface area contributed by atoms with Crippen LogP contribution in [0.2, 0.25) is 0 Å². The smallest absolute Gasteiger partial charge is 0.417 e. The molecule has 198 valence electrons. The summed E-state index contributed by atoms with van der Waals surface area (Å²) >= 11 is 5.51. The highest BCUT2D eigenvalue weighted by atomic mass is 32.1. The molecule has 0 aliphatic carbocycles. The number of carbonyl (C=O) groups excluding carboxylic acids is 1. The van der Waals surface area contributed by atoms with E-state index in [1.807, 2.05) is 24.3 Å². The van der Waals surface area contributed by atoms with Crippen molar-refractivity contribution in [1.29, 1.82) is 5.26 Å². The van der Waals surface area contributed by atoms with E-state index in [2.05, 4.69) is 19.2 Å². The van der Waals surface area contributed by atoms with E-state index in [-0.39, 0.29) is 10.8 Å². The molecular weight excluding hydrogens is 501 g/mol. The second kappa shape index (κ2) is 11.5. The van der Waals surface area contributed by atoms with Crippen LogP contribution in [0, 0.1) is 11.3 Å². The molecule has 0 aromatic heterocycles. The minimum Gasteiger partial charge on any atom is -0.494 e. The molecule has 0 atom stereocenters. The van der Waals surface area contributed by atoms with E-state index in [1.165, 1.54) is 11.6 Å². The number of ether oxygens (including phenoxy) is 1. The van der Waals surface area contributed by atoms with Crippen molar-refractivity contribution in [2.24, 2.45) is 0 Å². The molecule has 1 heterocycles. The van der Waals surface area contributed by atoms with E-state index >= 15 is 0 Å². The van der Waals surface area contributed by atoms with Crippen molar-refractivity contribution in [3.63, 3.8) is 0 Å². The zero-order chi connectivity index (χ0) is 27.4. The monoisotopic (exact) mass is 532 g/mol. The van der Waals surface area contributed by atoms with E-state index in [1.54, 1.807) is 24.8 Å². The van der Waals surface area contributed by atoms with Crippen LogP contribution in [-0.4, -0.2) is 47.2 Å². The molecular formula is C27H31F3N4O2S. The summed E-state index contributed by atoms with van der Waals surface area (Å²) < 4.78 is 46.2. The highest BCUT2D eigenvalue weighted by Crippen LogP contribution is 2.37. The molecule has 0 saturated carbocycles. The van der Waals surface area contributed by atoms with Gasteiger partial charge in [0.1, 0.15) is 11.3 Å². The average Bonchev–Trinajstić information content (AvgIpc) is 3.00. The summed E-state index contributed by atoms with van der Waals surface area (Å²) in [6.45, 7) is 9.25. The van der Waals surface area contributed by atoms with Gasteiger partial charge in [0, 0.05) is 12.6 Å². The maximum atomic E-state index is 13.5. The molecule has 1 N–H and O–H groups in total. The molecule has 6 nitrogen and oxygen atoms in total. The number of nitrogens with one attached hydrogen (secondary N) is 1. The summed E-state index contributed by atoms with van der Waals surface area (Å²) in [6.07, 6.45) is -3.26. The van der Waals surface area contributed by atoms with Crippen LogP contribution in [0.3, 0.4) is 0 Å². The van der Waals surface area contributed by atoms with Gasteiger partial charge in [-0.3, -0.25) is 9.69 Å². The fourth-order valence-corrected chi connectivity index (χ4v) is 4.62. The van der Waals surface area contributed by atoms with Crippen molar-refractivity contribution in [2.75, 3.05) is 24.6 Å². The Bertz CT molecular complexity index is 1170. The summed E-state index contributed by atoms with van der Waals surface area (Å²) in [7, 11) is 0. The summed E-state index contributed by atoms with van der Waals surface area (Å²) in [4.78, 5) is 16.0. The normalized spacial score (nSPS) is 15.4. The number of anilines is 1. The lowest BCUT2D eigenvalue weighted by molar-refractivity contribution is -0.137. The average molecular weight is 533 g/mol. The van der Waals surface area contributed by atoms with Crippen LogP contribution >= 0.6 is 12.2 Å². The molecule has 1 fully saturated rings. The molecule has 1 aliphatic heterocycles. The summed E-state index contributed by atoms with van der Waals surface area (Å²) in [5.41, 5.74) is -1.47. The Hall–Kier alpha value is -3.16. The fourth-order valence-electron chi connectivity index (χ4n) is 4.11. The largest absolute Gasteiger partial charge is 0.494 e. The number of hydrogen-bond acceptors (Lipinski definition) is 5. The van der Waals surface area contributed by atoms with Crippen LogP contribution in [0.25, 0.3) is 0 Å². The lowest BCUT2D eigenvalue weighted by atomic mass is 10.0.